The van der Waals surface area contributed by atoms with Crippen LogP contribution in [0.3, 0.4) is 0 Å². The normalized spacial score (nSPS) is 20.4. The van der Waals surface area contributed by atoms with Crippen LogP contribution in [-0.4, -0.2) is 19.0 Å². The molecule has 2 rings (SSSR count). The number of aliphatic imine (C=N–C) groups is 1. The van der Waals surface area contributed by atoms with Gasteiger partial charge in [-0.15, -0.1) is 0 Å². The highest BCUT2D eigenvalue weighted by Crippen LogP contribution is 2.23. The maximum Gasteiger partial charge on any atom is 0.198 e. The molecule has 74 valence electrons. The predicted octanol–water partition coefficient (Wildman–Crippen LogP) is 1.77. The third kappa shape index (κ3) is 1.89. The maximum absolute atomic E-state index is 5.79. The highest BCUT2D eigenvalue weighted by atomic mass is 35.5. The number of halogens is 1. The molecule has 1 aliphatic rings. The third-order valence-electron chi connectivity index (χ3n) is 2.14. The molecule has 0 aromatic heterocycles. The fraction of sp³-hybridized carbons (Fsp3) is 0.300. The molecule has 0 amide bonds. The molecule has 1 aliphatic heterocycles. The van der Waals surface area contributed by atoms with Gasteiger partial charge in [-0.2, -0.15) is 0 Å². The van der Waals surface area contributed by atoms with E-state index in [4.69, 9.17) is 22.1 Å². The second-order valence-corrected chi connectivity index (χ2v) is 3.54. The first-order valence-electron chi connectivity index (χ1n) is 4.44. The van der Waals surface area contributed by atoms with Crippen molar-refractivity contribution in [2.24, 2.45) is 10.7 Å². The second kappa shape index (κ2) is 3.98. The minimum atomic E-state index is 0.0748. The molecule has 4 heteroatoms. The van der Waals surface area contributed by atoms with Crippen LogP contribution >= 0.6 is 11.6 Å². The Hall–Kier alpha value is -1.06. The molecule has 0 saturated heterocycles. The van der Waals surface area contributed by atoms with E-state index in [0.29, 0.717) is 19.0 Å². The molecule has 14 heavy (non-hydrogen) atoms. The number of benzene rings is 1. The van der Waals surface area contributed by atoms with E-state index in [9.17, 15) is 0 Å². The fourth-order valence-corrected chi connectivity index (χ4v) is 1.52. The van der Waals surface area contributed by atoms with Crippen molar-refractivity contribution in [3.63, 3.8) is 0 Å². The van der Waals surface area contributed by atoms with Gasteiger partial charge in [0.25, 0.3) is 0 Å². The lowest BCUT2D eigenvalue weighted by molar-refractivity contribution is 0.315. The smallest absolute Gasteiger partial charge is 0.198 e. The van der Waals surface area contributed by atoms with E-state index in [1.807, 2.05) is 24.3 Å². The van der Waals surface area contributed by atoms with E-state index in [2.05, 4.69) is 4.99 Å². The van der Waals surface area contributed by atoms with Crippen LogP contribution in [-0.2, 0) is 4.74 Å². The Balaban J connectivity index is 2.17. The van der Waals surface area contributed by atoms with Crippen molar-refractivity contribution in [1.29, 1.82) is 0 Å². The van der Waals surface area contributed by atoms with E-state index in [1.165, 1.54) is 0 Å². The zero-order valence-electron chi connectivity index (χ0n) is 7.61. The summed E-state index contributed by atoms with van der Waals surface area (Å²) in [6.45, 7) is 0.943. The van der Waals surface area contributed by atoms with E-state index in [-0.39, 0.29) is 6.04 Å². The Kier molecular flexibility index (Phi) is 2.70. The zero-order chi connectivity index (χ0) is 9.97. The first kappa shape index (κ1) is 9.49. The van der Waals surface area contributed by atoms with Crippen LogP contribution in [0.25, 0.3) is 0 Å². The molecular formula is C10H11ClN2O. The average Bonchev–Trinajstić information content (AvgIpc) is 2.67. The zero-order valence-corrected chi connectivity index (χ0v) is 8.37. The number of nitrogens with two attached hydrogens (primary N) is 1. The van der Waals surface area contributed by atoms with E-state index in [1.54, 1.807) is 0 Å². The lowest BCUT2D eigenvalue weighted by atomic mass is 10.1. The second-order valence-electron chi connectivity index (χ2n) is 3.11. The summed E-state index contributed by atoms with van der Waals surface area (Å²) >= 11 is 5.79. The molecule has 3 nitrogen and oxygen atoms in total. The fourth-order valence-electron chi connectivity index (χ4n) is 1.39. The Labute approximate surface area is 87.5 Å². The largest absolute Gasteiger partial charge is 0.477 e. The minimum absolute atomic E-state index is 0.0748. The van der Waals surface area contributed by atoms with E-state index < -0.39 is 0 Å². The Morgan fingerprint density at radius 3 is 2.71 bits per heavy atom. The number of hydrogen-bond donors (Lipinski definition) is 1. The van der Waals surface area contributed by atoms with Crippen LogP contribution in [0.5, 0.6) is 0 Å². The summed E-state index contributed by atoms with van der Waals surface area (Å²) in [7, 11) is 0. The molecule has 1 aromatic carbocycles. The molecule has 0 aliphatic carbocycles. The Morgan fingerprint density at radius 1 is 1.43 bits per heavy atom. The molecule has 0 bridgehead atoms. The van der Waals surface area contributed by atoms with Crippen molar-refractivity contribution in [2.45, 2.75) is 6.04 Å². The van der Waals surface area contributed by atoms with Crippen LogP contribution in [0, 0.1) is 0 Å². The summed E-state index contributed by atoms with van der Waals surface area (Å²) in [4.78, 5) is 4.33. The van der Waals surface area contributed by atoms with Crippen molar-refractivity contribution in [3.8, 4) is 0 Å². The molecular weight excluding hydrogens is 200 g/mol. The van der Waals surface area contributed by atoms with Gasteiger partial charge >= 0.3 is 0 Å². The quantitative estimate of drug-likeness (QED) is 0.809. The first-order valence-corrected chi connectivity index (χ1v) is 4.82. The molecule has 2 N–H and O–H groups in total. The number of hydrogen-bond acceptors (Lipinski definition) is 3. The Bertz CT molecular complexity index is 348. The summed E-state index contributed by atoms with van der Waals surface area (Å²) in [6.07, 6.45) is 0. The van der Waals surface area contributed by atoms with Gasteiger partial charge in [0, 0.05) is 5.02 Å². The van der Waals surface area contributed by atoms with Gasteiger partial charge in [-0.3, -0.25) is 0 Å². The molecule has 0 spiro atoms. The summed E-state index contributed by atoms with van der Waals surface area (Å²) < 4.78 is 5.29. The van der Waals surface area contributed by atoms with Gasteiger partial charge < -0.3 is 10.5 Å². The van der Waals surface area contributed by atoms with Crippen LogP contribution in [0.2, 0.25) is 5.02 Å². The monoisotopic (exact) mass is 210 g/mol. The first-order chi connectivity index (χ1) is 6.79. The van der Waals surface area contributed by atoms with Crippen molar-refractivity contribution in [2.75, 3.05) is 13.2 Å². The minimum Gasteiger partial charge on any atom is -0.477 e. The number of nitrogens with zero attached hydrogens (tertiary/aromatic N) is 1. The van der Waals surface area contributed by atoms with Gasteiger partial charge in [0.1, 0.15) is 12.6 Å². The summed E-state index contributed by atoms with van der Waals surface area (Å²) in [5, 5.41) is 0.732. The molecule has 1 heterocycles. The summed E-state index contributed by atoms with van der Waals surface area (Å²) in [5.41, 5.74) is 6.53. The standard InChI is InChI=1S/C10H11ClN2O/c11-8-3-1-7(2-4-8)9-6-14-10(5-12)13-9/h1-4,9H,5-6,12H2. The molecule has 1 aromatic rings. The highest BCUT2D eigenvalue weighted by molar-refractivity contribution is 6.30. The Morgan fingerprint density at radius 2 is 2.14 bits per heavy atom. The highest BCUT2D eigenvalue weighted by Gasteiger charge is 2.18. The predicted molar refractivity (Wildman–Crippen MR) is 56.6 cm³/mol. The maximum atomic E-state index is 5.79. The molecule has 0 saturated carbocycles. The van der Waals surface area contributed by atoms with Gasteiger partial charge in [0.05, 0.1) is 6.54 Å². The lowest BCUT2D eigenvalue weighted by Crippen LogP contribution is -2.13. The van der Waals surface area contributed by atoms with E-state index in [0.717, 1.165) is 10.6 Å². The van der Waals surface area contributed by atoms with Crippen molar-refractivity contribution >= 4 is 17.5 Å². The van der Waals surface area contributed by atoms with Crippen molar-refractivity contribution < 1.29 is 4.74 Å². The molecule has 1 atom stereocenters. The average molecular weight is 211 g/mol. The summed E-state index contributed by atoms with van der Waals surface area (Å²) in [6, 6.07) is 7.70. The number of ether oxygens (including phenoxy) is 1. The van der Waals surface area contributed by atoms with Crippen LogP contribution in [0.4, 0.5) is 0 Å². The molecule has 1 unspecified atom stereocenters. The van der Waals surface area contributed by atoms with Crippen LogP contribution in [0.1, 0.15) is 11.6 Å². The number of rotatable bonds is 2. The SMILES string of the molecule is NCC1=NC(c2ccc(Cl)cc2)CO1. The van der Waals surface area contributed by atoms with Gasteiger partial charge in [-0.1, -0.05) is 23.7 Å². The summed E-state index contributed by atoms with van der Waals surface area (Å²) in [5.74, 6) is 0.630. The van der Waals surface area contributed by atoms with Crippen LogP contribution in [0.15, 0.2) is 29.3 Å². The van der Waals surface area contributed by atoms with Gasteiger partial charge in [-0.05, 0) is 17.7 Å². The third-order valence-corrected chi connectivity index (χ3v) is 2.39. The van der Waals surface area contributed by atoms with Crippen LogP contribution < -0.4 is 5.73 Å². The van der Waals surface area contributed by atoms with E-state index >= 15 is 0 Å². The topological polar surface area (TPSA) is 47.6 Å². The molecule has 0 fully saturated rings. The van der Waals surface area contributed by atoms with Gasteiger partial charge in [0.2, 0.25) is 0 Å². The lowest BCUT2D eigenvalue weighted by Gasteiger charge is -2.04. The van der Waals surface area contributed by atoms with Crippen molar-refractivity contribution in [1.82, 2.24) is 0 Å². The van der Waals surface area contributed by atoms with Gasteiger partial charge in [0.15, 0.2) is 5.90 Å². The van der Waals surface area contributed by atoms with Crippen molar-refractivity contribution in [3.05, 3.63) is 34.9 Å². The van der Waals surface area contributed by atoms with Gasteiger partial charge in [-0.25, -0.2) is 4.99 Å². The molecule has 0 radical (unpaired) electrons.